The van der Waals surface area contributed by atoms with Gasteiger partial charge in [0.1, 0.15) is 11.7 Å². The Labute approximate surface area is 155 Å². The number of halogens is 1. The van der Waals surface area contributed by atoms with Gasteiger partial charge in [0.05, 0.1) is 11.6 Å². The number of amidine groups is 1. The van der Waals surface area contributed by atoms with Crippen molar-refractivity contribution in [1.29, 1.82) is 0 Å². The number of fused-ring (bicyclic) bond motifs is 2. The molecule has 136 valence electrons. The number of nitrogens with zero attached hydrogens (tertiary/aromatic N) is 3. The maximum atomic E-state index is 14.7. The van der Waals surface area contributed by atoms with Crippen LogP contribution in [0.25, 0.3) is 10.9 Å². The number of anilines is 1. The third-order valence-corrected chi connectivity index (χ3v) is 5.15. The van der Waals surface area contributed by atoms with Crippen molar-refractivity contribution in [2.45, 2.75) is 18.8 Å². The maximum absolute atomic E-state index is 14.7. The van der Waals surface area contributed by atoms with Crippen LogP contribution >= 0.6 is 0 Å². The summed E-state index contributed by atoms with van der Waals surface area (Å²) in [5.74, 6) is 1.67. The molecule has 4 N–H and O–H groups in total. The standard InChI is InChI=1S/C20H19FN6/c21-17-16-15(10-11-23-17)27(20-13-8-4-5-9-14(13)25-26-20)19(24-18(16)22)12-6-2-1-3-7-12/h1-9,15,17,23H,10-11,22H2,(H,25,26). The van der Waals surface area contributed by atoms with Gasteiger partial charge in [0.15, 0.2) is 12.1 Å². The topological polar surface area (TPSA) is 82.3 Å². The molecule has 7 heteroatoms. The number of alkyl halides is 1. The number of aromatic amines is 1. The monoisotopic (exact) mass is 362 g/mol. The molecule has 1 fully saturated rings. The normalized spacial score (nSPS) is 22.7. The first-order valence-corrected chi connectivity index (χ1v) is 8.97. The lowest BCUT2D eigenvalue weighted by atomic mass is 9.94. The Kier molecular flexibility index (Phi) is 3.68. The third kappa shape index (κ3) is 2.50. The van der Waals surface area contributed by atoms with Crippen LogP contribution in [0.4, 0.5) is 10.2 Å². The highest BCUT2D eigenvalue weighted by Crippen LogP contribution is 2.36. The fourth-order valence-electron chi connectivity index (χ4n) is 3.90. The number of H-pyrrole nitrogens is 1. The fraction of sp³-hybridized carbons (Fsp3) is 0.200. The Morgan fingerprint density at radius 1 is 1.07 bits per heavy atom. The van der Waals surface area contributed by atoms with E-state index in [-0.39, 0.29) is 11.9 Å². The molecule has 6 nitrogen and oxygen atoms in total. The molecule has 0 aliphatic carbocycles. The summed E-state index contributed by atoms with van der Waals surface area (Å²) in [4.78, 5) is 6.62. The summed E-state index contributed by atoms with van der Waals surface area (Å²) in [6.45, 7) is 0.559. The van der Waals surface area contributed by atoms with Crippen LogP contribution in [0.1, 0.15) is 12.0 Å². The minimum absolute atomic E-state index is 0.235. The molecule has 0 radical (unpaired) electrons. The minimum atomic E-state index is -1.31. The lowest BCUT2D eigenvalue weighted by molar-refractivity contribution is 0.270. The number of aliphatic imine (C=N–C) groups is 1. The van der Waals surface area contributed by atoms with E-state index in [0.717, 1.165) is 22.3 Å². The van der Waals surface area contributed by atoms with Gasteiger partial charge in [-0.2, -0.15) is 5.10 Å². The van der Waals surface area contributed by atoms with Crippen LogP contribution in [0.3, 0.4) is 0 Å². The molecule has 2 aliphatic rings. The van der Waals surface area contributed by atoms with Crippen LogP contribution in [0, 0.1) is 0 Å². The van der Waals surface area contributed by atoms with Crippen molar-refractivity contribution in [2.75, 3.05) is 11.4 Å². The smallest absolute Gasteiger partial charge is 0.178 e. The van der Waals surface area contributed by atoms with E-state index < -0.39 is 6.30 Å². The number of aromatic nitrogens is 2. The molecule has 0 amide bonds. The molecule has 0 saturated carbocycles. The van der Waals surface area contributed by atoms with Gasteiger partial charge >= 0.3 is 0 Å². The van der Waals surface area contributed by atoms with Gasteiger partial charge in [-0.05, 0) is 18.6 Å². The van der Waals surface area contributed by atoms with Crippen molar-refractivity contribution < 1.29 is 4.39 Å². The molecule has 3 heterocycles. The second-order valence-electron chi connectivity index (χ2n) is 6.73. The zero-order valence-electron chi connectivity index (χ0n) is 14.6. The number of para-hydroxylation sites is 1. The molecule has 2 unspecified atom stereocenters. The van der Waals surface area contributed by atoms with E-state index in [9.17, 15) is 4.39 Å². The summed E-state index contributed by atoms with van der Waals surface area (Å²) < 4.78 is 14.7. The highest BCUT2D eigenvalue weighted by atomic mass is 19.1. The van der Waals surface area contributed by atoms with Gasteiger partial charge in [-0.25, -0.2) is 9.38 Å². The largest absolute Gasteiger partial charge is 0.383 e. The molecular weight excluding hydrogens is 343 g/mol. The van der Waals surface area contributed by atoms with E-state index in [4.69, 9.17) is 5.73 Å². The second-order valence-corrected chi connectivity index (χ2v) is 6.73. The summed E-state index contributed by atoms with van der Waals surface area (Å²) >= 11 is 0. The van der Waals surface area contributed by atoms with Crippen LogP contribution in [0.2, 0.25) is 0 Å². The van der Waals surface area contributed by atoms with Crippen molar-refractivity contribution in [3.63, 3.8) is 0 Å². The predicted octanol–water partition coefficient (Wildman–Crippen LogP) is 2.66. The van der Waals surface area contributed by atoms with E-state index >= 15 is 0 Å². The average Bonchev–Trinajstić information content (AvgIpc) is 3.12. The molecular formula is C20H19FN6. The number of hydrogen-bond acceptors (Lipinski definition) is 5. The first kappa shape index (κ1) is 16.0. The first-order chi connectivity index (χ1) is 13.2. The molecule has 27 heavy (non-hydrogen) atoms. The lowest BCUT2D eigenvalue weighted by Crippen LogP contribution is -2.54. The number of nitrogens with two attached hydrogens (primary N) is 1. The molecule has 2 aliphatic heterocycles. The van der Waals surface area contributed by atoms with Crippen LogP contribution in [0.5, 0.6) is 0 Å². The quantitative estimate of drug-likeness (QED) is 0.612. The number of rotatable bonds is 2. The molecule has 0 bridgehead atoms. The number of hydrogen-bond donors (Lipinski definition) is 3. The van der Waals surface area contributed by atoms with Gasteiger partial charge in [0.25, 0.3) is 0 Å². The molecule has 2 atom stereocenters. The van der Waals surface area contributed by atoms with Crippen molar-refractivity contribution in [2.24, 2.45) is 10.7 Å². The third-order valence-electron chi connectivity index (χ3n) is 5.15. The highest BCUT2D eigenvalue weighted by molar-refractivity contribution is 6.14. The van der Waals surface area contributed by atoms with E-state index in [1.165, 1.54) is 0 Å². The summed E-state index contributed by atoms with van der Waals surface area (Å²) in [6.07, 6.45) is -0.596. The van der Waals surface area contributed by atoms with Crippen molar-refractivity contribution in [3.8, 4) is 0 Å². The van der Waals surface area contributed by atoms with E-state index in [0.29, 0.717) is 24.4 Å². The highest BCUT2D eigenvalue weighted by Gasteiger charge is 2.40. The van der Waals surface area contributed by atoms with Gasteiger partial charge in [0.2, 0.25) is 0 Å². The van der Waals surface area contributed by atoms with Crippen molar-refractivity contribution in [3.05, 3.63) is 71.6 Å². The molecule has 3 aromatic rings. The van der Waals surface area contributed by atoms with E-state index in [1.54, 1.807) is 0 Å². The van der Waals surface area contributed by atoms with Crippen LogP contribution in [-0.4, -0.2) is 34.9 Å². The predicted molar refractivity (Wildman–Crippen MR) is 104 cm³/mol. The van der Waals surface area contributed by atoms with Gasteiger partial charge < -0.3 is 10.6 Å². The Balaban J connectivity index is 1.74. The summed E-state index contributed by atoms with van der Waals surface area (Å²) in [6, 6.07) is 17.5. The summed E-state index contributed by atoms with van der Waals surface area (Å²) in [5, 5.41) is 11.4. The Hall–Kier alpha value is -3.19. The maximum Gasteiger partial charge on any atom is 0.178 e. The zero-order valence-corrected chi connectivity index (χ0v) is 14.6. The SMILES string of the molecule is NC1=C2C(F)NCCC2N(c2n[nH]c3ccccc23)C(c2ccccc2)=N1. The lowest BCUT2D eigenvalue weighted by Gasteiger charge is -2.41. The van der Waals surface area contributed by atoms with Gasteiger partial charge in [-0.15, -0.1) is 0 Å². The van der Waals surface area contributed by atoms with E-state index in [2.05, 4.69) is 20.5 Å². The fourth-order valence-corrected chi connectivity index (χ4v) is 3.90. The summed E-state index contributed by atoms with van der Waals surface area (Å²) in [5.41, 5.74) is 8.52. The van der Waals surface area contributed by atoms with Crippen LogP contribution in [0.15, 0.2) is 71.0 Å². The molecule has 1 saturated heterocycles. The molecule has 5 rings (SSSR count). The number of piperidine rings is 1. The van der Waals surface area contributed by atoms with Crippen LogP contribution in [-0.2, 0) is 0 Å². The number of nitrogens with one attached hydrogen (secondary N) is 2. The minimum Gasteiger partial charge on any atom is -0.383 e. The van der Waals surface area contributed by atoms with Gasteiger partial charge in [-0.3, -0.25) is 10.4 Å². The number of benzene rings is 2. The van der Waals surface area contributed by atoms with Gasteiger partial charge in [-0.1, -0.05) is 42.5 Å². The molecule has 0 spiro atoms. The molecule has 2 aromatic carbocycles. The van der Waals surface area contributed by atoms with Crippen molar-refractivity contribution >= 4 is 22.6 Å². The Bertz CT molecular complexity index is 1050. The van der Waals surface area contributed by atoms with Crippen molar-refractivity contribution in [1.82, 2.24) is 15.5 Å². The molecule has 1 aromatic heterocycles. The Morgan fingerprint density at radius 3 is 2.70 bits per heavy atom. The summed E-state index contributed by atoms with van der Waals surface area (Å²) in [7, 11) is 0. The van der Waals surface area contributed by atoms with Gasteiger partial charge in [0, 0.05) is 23.1 Å². The first-order valence-electron chi connectivity index (χ1n) is 8.97. The van der Waals surface area contributed by atoms with E-state index in [1.807, 2.05) is 59.5 Å². The van der Waals surface area contributed by atoms with Crippen LogP contribution < -0.4 is 16.0 Å². The Morgan fingerprint density at radius 2 is 1.85 bits per heavy atom. The second kappa shape index (κ2) is 6.21. The zero-order chi connectivity index (χ0) is 18.4. The average molecular weight is 362 g/mol.